The Hall–Kier alpha value is -2.28. The third-order valence-electron chi connectivity index (χ3n) is 3.06. The number of rotatable bonds is 6. The molecule has 1 aliphatic heterocycles. The molecule has 1 fully saturated rings. The van der Waals surface area contributed by atoms with Crippen LogP contribution in [0.1, 0.15) is 18.4 Å². The minimum absolute atomic E-state index is 0.0713. The molecule has 0 saturated carbocycles. The van der Waals surface area contributed by atoms with Crippen LogP contribution in [-0.2, 0) is 9.59 Å². The molecule has 0 spiro atoms. The lowest BCUT2D eigenvalue weighted by Crippen LogP contribution is -2.30. The number of thioether (sulfide) groups is 1. The summed E-state index contributed by atoms with van der Waals surface area (Å²) in [4.78, 5) is 35.8. The molecule has 7 heteroatoms. The van der Waals surface area contributed by atoms with E-state index in [4.69, 9.17) is 4.74 Å². The zero-order valence-electron chi connectivity index (χ0n) is 11.9. The highest BCUT2D eigenvalue weighted by molar-refractivity contribution is 8.18. The predicted octanol–water partition coefficient (Wildman–Crippen LogP) is 1.26. The Kier molecular flexibility index (Phi) is 5.21. The normalized spacial score (nSPS) is 16.4. The number of para-hydroxylation sites is 1. The van der Waals surface area contributed by atoms with Crippen molar-refractivity contribution in [1.82, 2.24) is 4.90 Å². The summed E-state index contributed by atoms with van der Waals surface area (Å²) in [5.74, 6) is -1.01. The van der Waals surface area contributed by atoms with E-state index in [1.54, 1.807) is 24.3 Å². The summed E-state index contributed by atoms with van der Waals surface area (Å²) >= 11 is 0.835. The van der Waals surface area contributed by atoms with Crippen molar-refractivity contribution < 1.29 is 24.2 Å². The number of carbonyl (C=O) groups excluding carboxylic acids is 3. The lowest BCUT2D eigenvalue weighted by Gasteiger charge is -2.12. The summed E-state index contributed by atoms with van der Waals surface area (Å²) in [5.41, 5.74) is 0.699. The molecule has 2 amide bonds. The van der Waals surface area contributed by atoms with Crippen molar-refractivity contribution in [1.29, 1.82) is 0 Å². The number of amides is 2. The minimum atomic E-state index is -1.20. The molecule has 0 atom stereocenters. The van der Waals surface area contributed by atoms with Crippen LogP contribution in [-0.4, -0.2) is 35.7 Å². The average Bonchev–Trinajstić information content (AvgIpc) is 2.75. The first-order valence-corrected chi connectivity index (χ1v) is 7.43. The largest absolute Gasteiger partial charge is 0.550 e. The lowest BCUT2D eigenvalue weighted by atomic mass is 10.2. The molecule has 1 aromatic rings. The zero-order chi connectivity index (χ0) is 16.1. The average molecular weight is 320 g/mol. The van der Waals surface area contributed by atoms with Gasteiger partial charge in [0.2, 0.25) is 0 Å². The van der Waals surface area contributed by atoms with E-state index in [1.165, 1.54) is 7.11 Å². The molecule has 0 radical (unpaired) electrons. The van der Waals surface area contributed by atoms with Crippen LogP contribution in [0.15, 0.2) is 29.2 Å². The molecule has 0 N–H and O–H groups in total. The van der Waals surface area contributed by atoms with E-state index in [0.29, 0.717) is 16.2 Å². The molecule has 0 bridgehead atoms. The van der Waals surface area contributed by atoms with Gasteiger partial charge in [0, 0.05) is 18.1 Å². The SMILES string of the molecule is COc1ccccc1/C=C1\SC(=O)N(CCCC(=O)[O-])C1=O. The van der Waals surface area contributed by atoms with Gasteiger partial charge in [-0.25, -0.2) is 0 Å². The van der Waals surface area contributed by atoms with Crippen LogP contribution in [0.25, 0.3) is 6.08 Å². The second kappa shape index (κ2) is 7.13. The quantitative estimate of drug-likeness (QED) is 0.733. The van der Waals surface area contributed by atoms with Gasteiger partial charge >= 0.3 is 0 Å². The van der Waals surface area contributed by atoms with E-state index >= 15 is 0 Å². The van der Waals surface area contributed by atoms with E-state index in [9.17, 15) is 19.5 Å². The van der Waals surface area contributed by atoms with E-state index in [0.717, 1.165) is 16.7 Å². The molecule has 1 aromatic carbocycles. The van der Waals surface area contributed by atoms with Crippen LogP contribution in [0.2, 0.25) is 0 Å². The second-order valence-corrected chi connectivity index (χ2v) is 5.54. The maximum atomic E-state index is 12.2. The van der Waals surface area contributed by atoms with Crippen LogP contribution >= 0.6 is 11.8 Å². The van der Waals surface area contributed by atoms with Gasteiger partial charge in [-0.05, 0) is 36.7 Å². The Morgan fingerprint density at radius 2 is 2.09 bits per heavy atom. The minimum Gasteiger partial charge on any atom is -0.550 e. The van der Waals surface area contributed by atoms with Crippen molar-refractivity contribution in [3.8, 4) is 5.75 Å². The van der Waals surface area contributed by atoms with Gasteiger partial charge in [-0.1, -0.05) is 18.2 Å². The van der Waals surface area contributed by atoms with Crippen molar-refractivity contribution in [3.63, 3.8) is 0 Å². The summed E-state index contributed by atoms with van der Waals surface area (Å²) in [5, 5.41) is 9.98. The molecule has 2 rings (SSSR count). The monoisotopic (exact) mass is 320 g/mol. The highest BCUT2D eigenvalue weighted by Crippen LogP contribution is 2.33. The molecule has 1 aliphatic rings. The van der Waals surface area contributed by atoms with E-state index in [-0.39, 0.29) is 19.4 Å². The number of hydrogen-bond donors (Lipinski definition) is 0. The summed E-state index contributed by atoms with van der Waals surface area (Å²) in [7, 11) is 1.53. The van der Waals surface area contributed by atoms with Crippen LogP contribution in [0.3, 0.4) is 0 Å². The van der Waals surface area contributed by atoms with Gasteiger partial charge < -0.3 is 14.6 Å². The first kappa shape index (κ1) is 16.1. The Balaban J connectivity index is 2.13. The first-order chi connectivity index (χ1) is 10.5. The maximum Gasteiger partial charge on any atom is 0.293 e. The number of carboxylic acid groups (broad SMARTS) is 1. The van der Waals surface area contributed by atoms with Gasteiger partial charge in [0.25, 0.3) is 11.1 Å². The van der Waals surface area contributed by atoms with Crippen molar-refractivity contribution >= 4 is 35.0 Å². The number of carboxylic acids is 1. The van der Waals surface area contributed by atoms with E-state index in [2.05, 4.69) is 0 Å². The molecule has 1 heterocycles. The smallest absolute Gasteiger partial charge is 0.293 e. The fraction of sp³-hybridized carbons (Fsp3) is 0.267. The van der Waals surface area contributed by atoms with Crippen LogP contribution in [0.4, 0.5) is 4.79 Å². The highest BCUT2D eigenvalue weighted by Gasteiger charge is 2.34. The highest BCUT2D eigenvalue weighted by atomic mass is 32.2. The van der Waals surface area contributed by atoms with Crippen molar-refractivity contribution in [2.75, 3.05) is 13.7 Å². The molecule has 22 heavy (non-hydrogen) atoms. The van der Waals surface area contributed by atoms with Crippen LogP contribution in [0, 0.1) is 0 Å². The summed E-state index contributed by atoms with van der Waals surface area (Å²) in [6, 6.07) is 7.15. The topological polar surface area (TPSA) is 86.7 Å². The number of carbonyl (C=O) groups is 3. The van der Waals surface area contributed by atoms with Crippen molar-refractivity contribution in [2.45, 2.75) is 12.8 Å². The number of methoxy groups -OCH3 is 1. The molecule has 116 valence electrons. The maximum absolute atomic E-state index is 12.2. The fourth-order valence-corrected chi connectivity index (χ4v) is 2.86. The number of hydrogen-bond acceptors (Lipinski definition) is 6. The molecule has 0 unspecified atom stereocenters. The molecule has 6 nitrogen and oxygen atoms in total. The zero-order valence-corrected chi connectivity index (χ0v) is 12.7. The lowest BCUT2D eigenvalue weighted by molar-refractivity contribution is -0.305. The molecule has 1 saturated heterocycles. The first-order valence-electron chi connectivity index (χ1n) is 6.61. The molecular formula is C15H14NO5S-. The number of nitrogens with zero attached hydrogens (tertiary/aromatic N) is 1. The second-order valence-electron chi connectivity index (χ2n) is 4.55. The molecule has 0 aromatic heterocycles. The van der Waals surface area contributed by atoms with E-state index in [1.807, 2.05) is 6.07 Å². The third-order valence-corrected chi connectivity index (χ3v) is 3.97. The Bertz CT molecular complexity index is 641. The summed E-state index contributed by atoms with van der Waals surface area (Å²) in [6.45, 7) is 0.0713. The number of aliphatic carboxylic acids is 1. The summed E-state index contributed by atoms with van der Waals surface area (Å²) < 4.78 is 5.20. The van der Waals surface area contributed by atoms with Gasteiger partial charge in [-0.2, -0.15) is 0 Å². The van der Waals surface area contributed by atoms with Gasteiger partial charge in [0.05, 0.1) is 12.0 Å². The number of benzene rings is 1. The molecular weight excluding hydrogens is 306 g/mol. The van der Waals surface area contributed by atoms with Gasteiger partial charge in [-0.3, -0.25) is 14.5 Å². The Morgan fingerprint density at radius 3 is 2.77 bits per heavy atom. The Morgan fingerprint density at radius 1 is 1.36 bits per heavy atom. The number of ether oxygens (including phenoxy) is 1. The standard InChI is InChI=1S/C15H15NO5S/c1-21-11-6-3-2-5-10(11)9-12-14(19)16(15(20)22-12)8-4-7-13(17)18/h2-3,5-6,9H,4,7-8H2,1H3,(H,17,18)/p-1/b12-9-. The number of imide groups is 1. The van der Waals surface area contributed by atoms with Gasteiger partial charge in [0.15, 0.2) is 0 Å². The van der Waals surface area contributed by atoms with Crippen molar-refractivity contribution in [3.05, 3.63) is 34.7 Å². The van der Waals surface area contributed by atoms with Crippen LogP contribution in [0.5, 0.6) is 5.75 Å². The summed E-state index contributed by atoms with van der Waals surface area (Å²) in [6.07, 6.45) is 1.60. The molecule has 0 aliphatic carbocycles. The Labute approximate surface area is 131 Å². The van der Waals surface area contributed by atoms with Crippen LogP contribution < -0.4 is 9.84 Å². The van der Waals surface area contributed by atoms with E-state index < -0.39 is 17.1 Å². The van der Waals surface area contributed by atoms with Gasteiger partial charge in [0.1, 0.15) is 5.75 Å². The fourth-order valence-electron chi connectivity index (χ4n) is 2.00. The third kappa shape index (κ3) is 3.67. The van der Waals surface area contributed by atoms with Gasteiger partial charge in [-0.15, -0.1) is 0 Å². The predicted molar refractivity (Wildman–Crippen MR) is 79.9 cm³/mol. The van der Waals surface area contributed by atoms with Crippen molar-refractivity contribution in [2.24, 2.45) is 0 Å².